The molecule has 0 amide bonds. The van der Waals surface area contributed by atoms with Crippen molar-refractivity contribution in [1.29, 1.82) is 0 Å². The molecule has 0 unspecified atom stereocenters. The van der Waals surface area contributed by atoms with E-state index in [2.05, 4.69) is 0 Å². The second-order valence-corrected chi connectivity index (χ2v) is 13.3. The van der Waals surface area contributed by atoms with Crippen LogP contribution in [0, 0.1) is 0 Å². The van der Waals surface area contributed by atoms with Crippen LogP contribution in [0.2, 0.25) is 0 Å². The fourth-order valence-corrected chi connectivity index (χ4v) is 5.64. The van der Waals surface area contributed by atoms with Gasteiger partial charge in [0.2, 0.25) is 0 Å². The lowest BCUT2D eigenvalue weighted by Crippen LogP contribution is -1.94. The normalized spacial score (nSPS) is 12.3. The lowest BCUT2D eigenvalue weighted by atomic mass is 10.0. The quantitative estimate of drug-likeness (QED) is 0.0266. The third-order valence-corrected chi connectivity index (χ3v) is 8.97. The number of methoxy groups -OCH3 is 4. The van der Waals surface area contributed by atoms with Gasteiger partial charge in [0, 0.05) is 12.2 Å². The monoisotopic (exact) mass is 870 g/mol. The van der Waals surface area contributed by atoms with E-state index in [1.54, 1.807) is 125 Å². The molecule has 12 nitrogen and oxygen atoms in total. The van der Waals surface area contributed by atoms with Crippen LogP contribution in [0.3, 0.4) is 0 Å². The van der Waals surface area contributed by atoms with Gasteiger partial charge in [-0.2, -0.15) is 0 Å². The molecular weight excluding hydrogens is 817 g/mol. The van der Waals surface area contributed by atoms with E-state index >= 15 is 0 Å². The average molecular weight is 871 g/mol. The van der Waals surface area contributed by atoms with Gasteiger partial charge in [-0.3, -0.25) is 9.59 Å². The molecule has 0 saturated carbocycles. The molecule has 334 valence electrons. The molecule has 0 spiro atoms. The molecule has 64 heavy (non-hydrogen) atoms. The zero-order valence-corrected chi connectivity index (χ0v) is 36.1. The van der Waals surface area contributed by atoms with Gasteiger partial charge in [-0.25, -0.2) is 0 Å². The largest absolute Gasteiger partial charge is 0.508 e. The smallest absolute Gasteiger partial charge is 0.182 e. The van der Waals surface area contributed by atoms with Crippen molar-refractivity contribution in [1.82, 2.24) is 0 Å². The summed E-state index contributed by atoms with van der Waals surface area (Å²) in [7, 11) is 6.23. The fraction of sp³-hybridized carbons (Fsp3) is 0.154. The van der Waals surface area contributed by atoms with E-state index in [4.69, 9.17) is 18.9 Å². The van der Waals surface area contributed by atoms with Crippen molar-refractivity contribution in [2.75, 3.05) is 28.4 Å². The number of aliphatic hydroxyl groups is 6. The highest BCUT2D eigenvalue weighted by Gasteiger charge is 2.05. The van der Waals surface area contributed by atoms with Crippen molar-refractivity contribution < 1.29 is 59.2 Å². The van der Waals surface area contributed by atoms with Crippen molar-refractivity contribution in [3.63, 3.8) is 0 Å². The Labute approximate surface area is 373 Å². The summed E-state index contributed by atoms with van der Waals surface area (Å²) in [4.78, 5) is 23.9. The number of ketones is 2. The lowest BCUT2D eigenvalue weighted by Gasteiger charge is -2.07. The average Bonchev–Trinajstić information content (AvgIpc) is 3.32. The van der Waals surface area contributed by atoms with E-state index < -0.39 is 0 Å². The lowest BCUT2D eigenvalue weighted by molar-refractivity contribution is -0.111. The topological polar surface area (TPSA) is 192 Å². The summed E-state index contributed by atoms with van der Waals surface area (Å²) in [5.41, 5.74) is 5.98. The first-order chi connectivity index (χ1) is 31.0. The number of hydrogen-bond donors (Lipinski definition) is 6. The van der Waals surface area contributed by atoms with Crippen LogP contribution < -0.4 is 18.9 Å². The molecular formula is C52H54O12. The van der Waals surface area contributed by atoms with Crippen molar-refractivity contribution in [2.45, 2.75) is 26.4 Å². The van der Waals surface area contributed by atoms with Crippen LogP contribution in [-0.4, -0.2) is 70.6 Å². The predicted octanol–water partition coefficient (Wildman–Crippen LogP) is 8.52. The van der Waals surface area contributed by atoms with E-state index in [-0.39, 0.29) is 49.5 Å². The second-order valence-electron chi connectivity index (χ2n) is 13.3. The maximum Gasteiger partial charge on any atom is 0.182 e. The number of hydrogen-bond acceptors (Lipinski definition) is 12. The van der Waals surface area contributed by atoms with Crippen LogP contribution in [0.1, 0.15) is 44.5 Å². The maximum absolute atomic E-state index is 12.0. The minimum absolute atomic E-state index is 0.132. The minimum atomic E-state index is -0.370. The first kappa shape index (κ1) is 50.9. The Bertz CT molecular complexity index is 2440. The highest BCUT2D eigenvalue weighted by Crippen LogP contribution is 2.29. The summed E-state index contributed by atoms with van der Waals surface area (Å²) in [6, 6.07) is 21.4. The fourth-order valence-electron chi connectivity index (χ4n) is 5.64. The highest BCUT2D eigenvalue weighted by atomic mass is 16.5. The summed E-state index contributed by atoms with van der Waals surface area (Å²) in [6.07, 6.45) is 24.6. The number of allylic oxidation sites excluding steroid dienone is 12. The highest BCUT2D eigenvalue weighted by molar-refractivity contribution is 6.00. The summed E-state index contributed by atoms with van der Waals surface area (Å²) in [5.74, 6) is 1.34. The van der Waals surface area contributed by atoms with Crippen molar-refractivity contribution in [2.24, 2.45) is 0 Å². The Morgan fingerprint density at radius 2 is 0.750 bits per heavy atom. The molecule has 0 aliphatic heterocycles. The third-order valence-electron chi connectivity index (χ3n) is 8.97. The van der Waals surface area contributed by atoms with Gasteiger partial charge in [0.15, 0.2) is 34.6 Å². The minimum Gasteiger partial charge on any atom is -0.508 e. The van der Waals surface area contributed by atoms with E-state index in [1.165, 1.54) is 31.4 Å². The molecule has 4 rings (SSSR count). The molecule has 12 heteroatoms. The van der Waals surface area contributed by atoms with Crippen LogP contribution >= 0.6 is 0 Å². The Hall–Kier alpha value is -7.48. The zero-order valence-electron chi connectivity index (χ0n) is 36.1. The molecule has 0 bridgehead atoms. The standard InChI is InChI=1S/C27H28O6.C25H26O6/c1-32-26-14-12-21(16-27(26)33-2)8-4-6-10-25(31)17-24(30)9-5-3-7-20-11-13-22(18-28)23(15-20)19-29;1-30-24-12-9-19(14-25(24)31-2)8-11-23(29)15-22(28)6-4-3-5-18-7-10-20(16-26)21(13-18)17-27/h3-17,28-30H,18-19H2,1-2H3;3-15,26-27,29H,16-17H2,1-2H3/b7-3+,8-4+,9-5+,10-6+,24-17-;5-3+,6-4+,11-8+,23-15?. The SMILES string of the molecule is COc1ccc(/C=C/C(O)=CC(=O)/C=C/C=C/c2ccc(CO)c(CO)c2)cc1OC.COc1ccc(/C=C/C=C/C(=O)/C=C(O)/C=C/C=C/c2ccc(CO)c(CO)c2)cc1OC. The van der Waals surface area contributed by atoms with Crippen LogP contribution in [0.15, 0.2) is 157 Å². The first-order valence-corrected chi connectivity index (χ1v) is 19.7. The number of carbonyl (C=O) groups excluding carboxylic acids is 2. The molecule has 0 heterocycles. The Morgan fingerprint density at radius 1 is 0.406 bits per heavy atom. The van der Waals surface area contributed by atoms with Gasteiger partial charge in [-0.15, -0.1) is 0 Å². The Balaban J connectivity index is 0.000000341. The zero-order chi connectivity index (χ0) is 46.7. The third kappa shape index (κ3) is 17.5. The van der Waals surface area contributed by atoms with E-state index in [1.807, 2.05) is 30.3 Å². The molecule has 0 aromatic heterocycles. The summed E-state index contributed by atoms with van der Waals surface area (Å²) >= 11 is 0. The molecule has 0 aliphatic carbocycles. The van der Waals surface area contributed by atoms with Crippen molar-refractivity contribution in [3.05, 3.63) is 202 Å². The molecule has 6 N–H and O–H groups in total. The van der Waals surface area contributed by atoms with E-state index in [0.717, 1.165) is 34.4 Å². The van der Waals surface area contributed by atoms with Gasteiger partial charge >= 0.3 is 0 Å². The van der Waals surface area contributed by atoms with Gasteiger partial charge < -0.3 is 49.6 Å². The summed E-state index contributed by atoms with van der Waals surface area (Å²) in [6.45, 7) is -0.583. The van der Waals surface area contributed by atoms with E-state index in [0.29, 0.717) is 45.3 Å². The molecule has 0 fully saturated rings. The van der Waals surface area contributed by atoms with Crippen LogP contribution in [0.5, 0.6) is 23.0 Å². The van der Waals surface area contributed by atoms with E-state index in [9.17, 15) is 40.2 Å². The number of ether oxygens (including phenoxy) is 4. The predicted molar refractivity (Wildman–Crippen MR) is 251 cm³/mol. The Kier molecular flexibility index (Phi) is 22.4. The molecule has 0 radical (unpaired) electrons. The first-order valence-electron chi connectivity index (χ1n) is 19.7. The van der Waals surface area contributed by atoms with Gasteiger partial charge in [-0.05, 0) is 105 Å². The second kappa shape index (κ2) is 28.2. The molecule has 4 aromatic carbocycles. The Morgan fingerprint density at radius 3 is 1.14 bits per heavy atom. The van der Waals surface area contributed by atoms with Crippen LogP contribution in [-0.2, 0) is 36.0 Å². The number of aliphatic hydroxyl groups excluding tert-OH is 6. The molecule has 0 saturated heterocycles. The van der Waals surface area contributed by atoms with Gasteiger partial charge in [0.25, 0.3) is 0 Å². The summed E-state index contributed by atoms with van der Waals surface area (Å²) < 4.78 is 20.9. The molecule has 0 aliphatic rings. The maximum atomic E-state index is 12.0. The molecule has 0 atom stereocenters. The molecule has 4 aromatic rings. The number of rotatable bonds is 21. The van der Waals surface area contributed by atoms with Gasteiger partial charge in [0.05, 0.1) is 54.9 Å². The van der Waals surface area contributed by atoms with Crippen molar-refractivity contribution in [3.8, 4) is 23.0 Å². The van der Waals surface area contributed by atoms with Crippen LogP contribution in [0.25, 0.3) is 24.3 Å². The van der Waals surface area contributed by atoms with Gasteiger partial charge in [0.1, 0.15) is 11.5 Å². The number of benzene rings is 4. The summed E-state index contributed by atoms with van der Waals surface area (Å²) in [5, 5.41) is 56.9. The number of carbonyl (C=O) groups is 2. The van der Waals surface area contributed by atoms with Gasteiger partial charge in [-0.1, -0.05) is 97.2 Å². The van der Waals surface area contributed by atoms with Crippen molar-refractivity contribution >= 4 is 35.9 Å². The van der Waals surface area contributed by atoms with Crippen LogP contribution in [0.4, 0.5) is 0 Å².